The van der Waals surface area contributed by atoms with Gasteiger partial charge in [-0.3, -0.25) is 0 Å². The first-order valence-electron chi connectivity index (χ1n) is 6.25. The van der Waals surface area contributed by atoms with Crippen molar-refractivity contribution in [1.82, 2.24) is 5.32 Å². The van der Waals surface area contributed by atoms with Gasteiger partial charge in [-0.25, -0.2) is 0 Å². The average Bonchev–Trinajstić information content (AvgIpc) is 2.26. The second-order valence-electron chi connectivity index (χ2n) is 5.04. The number of nitrogens with one attached hydrogen (secondary N) is 1. The standard InChI is InChI=1S/C14H21Cl2NO/c1-9(2)14(8-17-10(3)4)18-13-6-5-11(15)7-12(13)16/h5-7,9-10,14,17H,8H2,1-4H3. The molecule has 0 aliphatic rings. The summed E-state index contributed by atoms with van der Waals surface area (Å²) in [5.41, 5.74) is 0. The highest BCUT2D eigenvalue weighted by Gasteiger charge is 2.17. The Morgan fingerprint density at radius 3 is 2.33 bits per heavy atom. The van der Waals surface area contributed by atoms with E-state index in [1.807, 2.05) is 6.07 Å². The Bertz CT molecular complexity index is 380. The molecule has 0 heterocycles. The van der Waals surface area contributed by atoms with E-state index >= 15 is 0 Å². The van der Waals surface area contributed by atoms with E-state index in [0.29, 0.717) is 27.8 Å². The highest BCUT2D eigenvalue weighted by atomic mass is 35.5. The molecule has 0 spiro atoms. The van der Waals surface area contributed by atoms with Crippen molar-refractivity contribution in [3.05, 3.63) is 28.2 Å². The molecule has 0 aromatic heterocycles. The number of benzene rings is 1. The molecule has 1 unspecified atom stereocenters. The Labute approximate surface area is 120 Å². The van der Waals surface area contributed by atoms with Crippen LogP contribution in [0.3, 0.4) is 0 Å². The predicted molar refractivity (Wildman–Crippen MR) is 78.9 cm³/mol. The third kappa shape index (κ3) is 5.05. The normalized spacial score (nSPS) is 13.1. The van der Waals surface area contributed by atoms with Gasteiger partial charge in [0, 0.05) is 17.6 Å². The lowest BCUT2D eigenvalue weighted by Crippen LogP contribution is -2.38. The minimum atomic E-state index is 0.0890. The van der Waals surface area contributed by atoms with Crippen LogP contribution in [-0.4, -0.2) is 18.7 Å². The van der Waals surface area contributed by atoms with Gasteiger partial charge in [-0.1, -0.05) is 50.9 Å². The summed E-state index contributed by atoms with van der Waals surface area (Å²) in [6, 6.07) is 5.74. The van der Waals surface area contributed by atoms with Gasteiger partial charge in [0.25, 0.3) is 0 Å². The van der Waals surface area contributed by atoms with Gasteiger partial charge in [0.1, 0.15) is 11.9 Å². The van der Waals surface area contributed by atoms with E-state index in [-0.39, 0.29) is 6.10 Å². The van der Waals surface area contributed by atoms with E-state index in [2.05, 4.69) is 33.0 Å². The van der Waals surface area contributed by atoms with Crippen LogP contribution in [0.25, 0.3) is 0 Å². The molecule has 0 bridgehead atoms. The van der Waals surface area contributed by atoms with Crippen molar-refractivity contribution < 1.29 is 4.74 Å². The molecule has 0 saturated heterocycles. The fraction of sp³-hybridized carbons (Fsp3) is 0.571. The Balaban J connectivity index is 2.70. The van der Waals surface area contributed by atoms with Crippen LogP contribution in [0.4, 0.5) is 0 Å². The van der Waals surface area contributed by atoms with Gasteiger partial charge in [-0.05, 0) is 24.1 Å². The average molecular weight is 290 g/mol. The minimum absolute atomic E-state index is 0.0890. The topological polar surface area (TPSA) is 21.3 Å². The summed E-state index contributed by atoms with van der Waals surface area (Å²) in [5, 5.41) is 4.56. The molecule has 0 saturated carbocycles. The van der Waals surface area contributed by atoms with Crippen molar-refractivity contribution in [3.63, 3.8) is 0 Å². The van der Waals surface area contributed by atoms with Gasteiger partial charge in [0.05, 0.1) is 5.02 Å². The molecule has 2 nitrogen and oxygen atoms in total. The monoisotopic (exact) mass is 289 g/mol. The molecule has 0 radical (unpaired) electrons. The maximum atomic E-state index is 6.11. The largest absolute Gasteiger partial charge is 0.487 e. The third-order valence-corrected chi connectivity index (χ3v) is 3.17. The summed E-state index contributed by atoms with van der Waals surface area (Å²) >= 11 is 12.0. The van der Waals surface area contributed by atoms with Gasteiger partial charge >= 0.3 is 0 Å². The summed E-state index contributed by atoms with van der Waals surface area (Å²) in [7, 11) is 0. The quantitative estimate of drug-likeness (QED) is 0.838. The van der Waals surface area contributed by atoms with Gasteiger partial charge in [-0.15, -0.1) is 0 Å². The van der Waals surface area contributed by atoms with Crippen LogP contribution < -0.4 is 10.1 Å². The van der Waals surface area contributed by atoms with E-state index in [1.165, 1.54) is 0 Å². The van der Waals surface area contributed by atoms with Crippen LogP contribution in [0.2, 0.25) is 10.0 Å². The second kappa shape index (κ2) is 7.22. The molecule has 1 aromatic carbocycles. The van der Waals surface area contributed by atoms with Gasteiger partial charge < -0.3 is 10.1 Å². The van der Waals surface area contributed by atoms with E-state index in [9.17, 15) is 0 Å². The van der Waals surface area contributed by atoms with Crippen LogP contribution >= 0.6 is 23.2 Å². The first-order valence-corrected chi connectivity index (χ1v) is 7.00. The lowest BCUT2D eigenvalue weighted by molar-refractivity contribution is 0.146. The number of rotatable bonds is 6. The highest BCUT2D eigenvalue weighted by molar-refractivity contribution is 6.35. The fourth-order valence-electron chi connectivity index (χ4n) is 1.50. The zero-order valence-electron chi connectivity index (χ0n) is 11.3. The maximum absolute atomic E-state index is 6.11. The maximum Gasteiger partial charge on any atom is 0.138 e. The highest BCUT2D eigenvalue weighted by Crippen LogP contribution is 2.29. The number of ether oxygens (including phenoxy) is 1. The second-order valence-corrected chi connectivity index (χ2v) is 5.88. The van der Waals surface area contributed by atoms with Crippen molar-refractivity contribution >= 4 is 23.2 Å². The molecule has 18 heavy (non-hydrogen) atoms. The van der Waals surface area contributed by atoms with Crippen LogP contribution in [0, 0.1) is 5.92 Å². The van der Waals surface area contributed by atoms with Crippen molar-refractivity contribution in [1.29, 1.82) is 0 Å². The van der Waals surface area contributed by atoms with E-state index < -0.39 is 0 Å². The Hall–Kier alpha value is -0.440. The molecule has 102 valence electrons. The molecule has 1 N–H and O–H groups in total. The van der Waals surface area contributed by atoms with Crippen LogP contribution in [0.15, 0.2) is 18.2 Å². The van der Waals surface area contributed by atoms with Crippen LogP contribution in [0.1, 0.15) is 27.7 Å². The molecular weight excluding hydrogens is 269 g/mol. The Morgan fingerprint density at radius 2 is 1.83 bits per heavy atom. The summed E-state index contributed by atoms with van der Waals surface area (Å²) in [5.74, 6) is 1.09. The molecule has 0 aliphatic heterocycles. The summed E-state index contributed by atoms with van der Waals surface area (Å²) in [6.07, 6.45) is 0.0890. The third-order valence-electron chi connectivity index (χ3n) is 2.64. The van der Waals surface area contributed by atoms with Gasteiger partial charge in [0.15, 0.2) is 0 Å². The first-order chi connectivity index (χ1) is 8.40. The number of hydrogen-bond donors (Lipinski definition) is 1. The number of halogens is 2. The fourth-order valence-corrected chi connectivity index (χ4v) is 1.95. The molecule has 1 atom stereocenters. The zero-order valence-corrected chi connectivity index (χ0v) is 12.8. The lowest BCUT2D eigenvalue weighted by Gasteiger charge is -2.24. The molecule has 1 rings (SSSR count). The van der Waals surface area contributed by atoms with Gasteiger partial charge in [0.2, 0.25) is 0 Å². The zero-order chi connectivity index (χ0) is 13.7. The predicted octanol–water partition coefficient (Wildman–Crippen LogP) is 4.39. The van der Waals surface area contributed by atoms with Crippen molar-refractivity contribution in [3.8, 4) is 5.75 Å². The van der Waals surface area contributed by atoms with Crippen molar-refractivity contribution in [2.75, 3.05) is 6.54 Å². The summed E-state index contributed by atoms with van der Waals surface area (Å²) in [6.45, 7) is 9.31. The molecule has 0 amide bonds. The molecular formula is C14H21Cl2NO. The van der Waals surface area contributed by atoms with Crippen LogP contribution in [-0.2, 0) is 0 Å². The van der Waals surface area contributed by atoms with Crippen molar-refractivity contribution in [2.24, 2.45) is 5.92 Å². The summed E-state index contributed by atoms with van der Waals surface area (Å²) in [4.78, 5) is 0. The van der Waals surface area contributed by atoms with E-state index in [4.69, 9.17) is 27.9 Å². The molecule has 4 heteroatoms. The van der Waals surface area contributed by atoms with E-state index in [1.54, 1.807) is 12.1 Å². The smallest absolute Gasteiger partial charge is 0.138 e. The SMILES string of the molecule is CC(C)NCC(Oc1ccc(Cl)cc1Cl)C(C)C. The van der Waals surface area contributed by atoms with Gasteiger partial charge in [-0.2, -0.15) is 0 Å². The Morgan fingerprint density at radius 1 is 1.17 bits per heavy atom. The molecule has 1 aromatic rings. The molecule has 0 fully saturated rings. The lowest BCUT2D eigenvalue weighted by atomic mass is 10.1. The van der Waals surface area contributed by atoms with E-state index in [0.717, 1.165) is 6.54 Å². The Kier molecular flexibility index (Phi) is 6.27. The van der Waals surface area contributed by atoms with Crippen molar-refractivity contribution in [2.45, 2.75) is 39.8 Å². The van der Waals surface area contributed by atoms with Crippen LogP contribution in [0.5, 0.6) is 5.75 Å². The molecule has 0 aliphatic carbocycles. The summed E-state index contributed by atoms with van der Waals surface area (Å²) < 4.78 is 5.96. The first kappa shape index (κ1) is 15.6. The minimum Gasteiger partial charge on any atom is -0.487 e. The number of hydrogen-bond acceptors (Lipinski definition) is 2.